The molecule has 6 heteroatoms. The molecule has 0 aliphatic carbocycles. The minimum Gasteiger partial charge on any atom is -0.481 e. The lowest BCUT2D eigenvalue weighted by molar-refractivity contribution is -0.137. The molecule has 0 spiro atoms. The second-order valence-electron chi connectivity index (χ2n) is 5.38. The highest BCUT2D eigenvalue weighted by Gasteiger charge is 2.11. The molecule has 0 aliphatic heterocycles. The van der Waals surface area contributed by atoms with Gasteiger partial charge in [-0.2, -0.15) is 0 Å². The van der Waals surface area contributed by atoms with Crippen LogP contribution < -0.4 is 5.32 Å². The van der Waals surface area contributed by atoms with Gasteiger partial charge in [0, 0.05) is 38.2 Å². The van der Waals surface area contributed by atoms with E-state index in [2.05, 4.69) is 5.32 Å². The minimum absolute atomic E-state index is 0.0686. The summed E-state index contributed by atoms with van der Waals surface area (Å²) in [6, 6.07) is 5.17. The summed E-state index contributed by atoms with van der Waals surface area (Å²) in [4.78, 5) is 35.7. The zero-order valence-corrected chi connectivity index (χ0v) is 13.2. The highest BCUT2D eigenvalue weighted by atomic mass is 16.4. The molecular weight excluding hydrogens is 284 g/mol. The van der Waals surface area contributed by atoms with Gasteiger partial charge in [-0.25, -0.2) is 0 Å². The fraction of sp³-hybridized carbons (Fsp3) is 0.438. The first-order valence-corrected chi connectivity index (χ1v) is 7.15. The van der Waals surface area contributed by atoms with Crippen LogP contribution in [0.2, 0.25) is 0 Å². The number of aliphatic carboxylic acids is 1. The van der Waals surface area contributed by atoms with Crippen LogP contribution in [0.4, 0.5) is 5.69 Å². The summed E-state index contributed by atoms with van der Waals surface area (Å²) < 4.78 is 0. The number of hydrogen-bond acceptors (Lipinski definition) is 3. The van der Waals surface area contributed by atoms with Gasteiger partial charge in [-0.3, -0.25) is 14.4 Å². The molecule has 0 aromatic heterocycles. The maximum Gasteiger partial charge on any atom is 0.303 e. The number of unbranched alkanes of at least 4 members (excludes halogenated alkanes) is 1. The molecule has 1 rings (SSSR count). The van der Waals surface area contributed by atoms with Gasteiger partial charge in [0.15, 0.2) is 0 Å². The molecule has 0 atom stereocenters. The van der Waals surface area contributed by atoms with Crippen molar-refractivity contribution in [2.45, 2.75) is 32.6 Å². The van der Waals surface area contributed by atoms with E-state index in [-0.39, 0.29) is 24.7 Å². The number of carboxylic acid groups (broad SMARTS) is 1. The first kappa shape index (κ1) is 17.7. The minimum atomic E-state index is -0.855. The van der Waals surface area contributed by atoms with Crippen LogP contribution in [0.1, 0.15) is 41.6 Å². The number of nitrogens with one attached hydrogen (secondary N) is 1. The lowest BCUT2D eigenvalue weighted by atomic mass is 10.1. The number of hydrogen-bond donors (Lipinski definition) is 2. The van der Waals surface area contributed by atoms with Gasteiger partial charge >= 0.3 is 5.97 Å². The van der Waals surface area contributed by atoms with Gasteiger partial charge in [0.25, 0.3) is 5.91 Å². The van der Waals surface area contributed by atoms with Crippen LogP contribution in [-0.2, 0) is 9.59 Å². The largest absolute Gasteiger partial charge is 0.481 e. The van der Waals surface area contributed by atoms with Crippen molar-refractivity contribution >= 4 is 23.5 Å². The Morgan fingerprint density at radius 1 is 1.14 bits per heavy atom. The van der Waals surface area contributed by atoms with Crippen molar-refractivity contribution in [1.82, 2.24) is 4.90 Å². The molecule has 0 heterocycles. The molecule has 22 heavy (non-hydrogen) atoms. The van der Waals surface area contributed by atoms with E-state index in [1.165, 1.54) is 4.90 Å². The molecule has 0 saturated carbocycles. The SMILES string of the molecule is Cc1ccc(C(=O)N(C)C)cc1NC(=O)CCCCC(=O)O. The van der Waals surface area contributed by atoms with Crippen LogP contribution in [-0.4, -0.2) is 41.9 Å². The number of amides is 2. The summed E-state index contributed by atoms with van der Waals surface area (Å²) in [6.45, 7) is 1.85. The van der Waals surface area contributed by atoms with Gasteiger partial charge in [0.1, 0.15) is 0 Å². The lowest BCUT2D eigenvalue weighted by Gasteiger charge is -2.13. The van der Waals surface area contributed by atoms with E-state index in [4.69, 9.17) is 5.11 Å². The molecule has 0 radical (unpaired) electrons. The third kappa shape index (κ3) is 5.55. The number of benzene rings is 1. The zero-order valence-electron chi connectivity index (χ0n) is 13.2. The Morgan fingerprint density at radius 3 is 2.36 bits per heavy atom. The van der Waals surface area contributed by atoms with Crippen LogP contribution in [0.3, 0.4) is 0 Å². The van der Waals surface area contributed by atoms with Gasteiger partial charge in [-0.15, -0.1) is 0 Å². The summed E-state index contributed by atoms with van der Waals surface area (Å²) in [6.07, 6.45) is 1.33. The molecule has 0 bridgehead atoms. The monoisotopic (exact) mass is 306 g/mol. The van der Waals surface area contributed by atoms with Crippen molar-refractivity contribution in [3.8, 4) is 0 Å². The van der Waals surface area contributed by atoms with Crippen molar-refractivity contribution in [3.05, 3.63) is 29.3 Å². The molecule has 2 amide bonds. The Balaban J connectivity index is 2.64. The third-order valence-electron chi connectivity index (χ3n) is 3.21. The van der Waals surface area contributed by atoms with Gasteiger partial charge in [0.05, 0.1) is 0 Å². The Morgan fingerprint density at radius 2 is 1.77 bits per heavy atom. The van der Waals surface area contributed by atoms with Crippen molar-refractivity contribution < 1.29 is 19.5 Å². The molecule has 6 nitrogen and oxygen atoms in total. The summed E-state index contributed by atoms with van der Waals surface area (Å²) in [5, 5.41) is 11.3. The molecule has 2 N–H and O–H groups in total. The van der Waals surface area contributed by atoms with Crippen LogP contribution in [0.15, 0.2) is 18.2 Å². The second kappa shape index (κ2) is 8.17. The van der Waals surface area contributed by atoms with E-state index in [0.717, 1.165) is 5.56 Å². The standard InChI is InChI=1S/C16H22N2O4/c1-11-8-9-12(16(22)18(2)3)10-13(11)17-14(19)6-4-5-7-15(20)21/h8-10H,4-7H2,1-3H3,(H,17,19)(H,20,21). The molecule has 0 saturated heterocycles. The highest BCUT2D eigenvalue weighted by Crippen LogP contribution is 2.18. The molecule has 0 aliphatic rings. The summed E-state index contributed by atoms with van der Waals surface area (Å²) in [5.41, 5.74) is 1.99. The van der Waals surface area contributed by atoms with Gasteiger partial charge in [-0.1, -0.05) is 6.07 Å². The van der Waals surface area contributed by atoms with Gasteiger partial charge in [0.2, 0.25) is 5.91 Å². The molecule has 0 fully saturated rings. The van der Waals surface area contributed by atoms with Crippen LogP contribution >= 0.6 is 0 Å². The fourth-order valence-electron chi connectivity index (χ4n) is 1.92. The quantitative estimate of drug-likeness (QED) is 0.757. The number of carbonyl (C=O) groups is 3. The molecule has 0 unspecified atom stereocenters. The van der Waals surface area contributed by atoms with Gasteiger partial charge in [-0.05, 0) is 37.5 Å². The van der Waals surface area contributed by atoms with E-state index in [9.17, 15) is 14.4 Å². The first-order chi connectivity index (χ1) is 10.3. The van der Waals surface area contributed by atoms with Crippen molar-refractivity contribution in [2.75, 3.05) is 19.4 Å². The van der Waals surface area contributed by atoms with Gasteiger partial charge < -0.3 is 15.3 Å². The topological polar surface area (TPSA) is 86.7 Å². The number of carboxylic acids is 1. The number of nitrogens with zero attached hydrogens (tertiary/aromatic N) is 1. The van der Waals surface area contributed by atoms with Crippen LogP contribution in [0.5, 0.6) is 0 Å². The Hall–Kier alpha value is -2.37. The zero-order chi connectivity index (χ0) is 16.7. The third-order valence-corrected chi connectivity index (χ3v) is 3.21. The first-order valence-electron chi connectivity index (χ1n) is 7.15. The van der Waals surface area contributed by atoms with Crippen molar-refractivity contribution in [2.24, 2.45) is 0 Å². The van der Waals surface area contributed by atoms with E-state index >= 15 is 0 Å². The molecule has 120 valence electrons. The average Bonchev–Trinajstić information content (AvgIpc) is 2.45. The number of aryl methyl sites for hydroxylation is 1. The molecule has 1 aromatic carbocycles. The van der Waals surface area contributed by atoms with E-state index in [1.54, 1.807) is 32.3 Å². The maximum atomic E-state index is 11.9. The lowest BCUT2D eigenvalue weighted by Crippen LogP contribution is -2.22. The highest BCUT2D eigenvalue weighted by molar-refractivity contribution is 5.97. The maximum absolute atomic E-state index is 11.9. The summed E-state index contributed by atoms with van der Waals surface area (Å²) in [5.74, 6) is -1.16. The van der Waals surface area contributed by atoms with Crippen LogP contribution in [0.25, 0.3) is 0 Å². The molecular formula is C16H22N2O4. The van der Waals surface area contributed by atoms with Crippen LogP contribution in [0, 0.1) is 6.92 Å². The Kier molecular flexibility index (Phi) is 6.56. The number of carbonyl (C=O) groups excluding carboxylic acids is 2. The molecule has 1 aromatic rings. The predicted molar refractivity (Wildman–Crippen MR) is 83.9 cm³/mol. The Labute approximate surface area is 130 Å². The fourth-order valence-corrected chi connectivity index (χ4v) is 1.92. The predicted octanol–water partition coefficient (Wildman–Crippen LogP) is 2.28. The summed E-state index contributed by atoms with van der Waals surface area (Å²) >= 11 is 0. The smallest absolute Gasteiger partial charge is 0.303 e. The van der Waals surface area contributed by atoms with E-state index in [0.29, 0.717) is 24.1 Å². The number of rotatable bonds is 7. The summed E-state index contributed by atoms with van der Waals surface area (Å²) in [7, 11) is 3.34. The van der Waals surface area contributed by atoms with Crippen molar-refractivity contribution in [3.63, 3.8) is 0 Å². The normalized spacial score (nSPS) is 10.1. The average molecular weight is 306 g/mol. The number of anilines is 1. The van der Waals surface area contributed by atoms with Crippen molar-refractivity contribution in [1.29, 1.82) is 0 Å². The van der Waals surface area contributed by atoms with E-state index in [1.807, 2.05) is 6.92 Å². The Bertz CT molecular complexity index is 567. The van der Waals surface area contributed by atoms with E-state index < -0.39 is 5.97 Å². The second-order valence-corrected chi connectivity index (χ2v) is 5.38.